The fourth-order valence-corrected chi connectivity index (χ4v) is 1.94. The van der Waals surface area contributed by atoms with E-state index >= 15 is 0 Å². The zero-order chi connectivity index (χ0) is 16.8. The van der Waals surface area contributed by atoms with Crippen LogP contribution in [0.5, 0.6) is 5.75 Å². The van der Waals surface area contributed by atoms with Crippen molar-refractivity contribution in [3.63, 3.8) is 0 Å². The van der Waals surface area contributed by atoms with Gasteiger partial charge in [0, 0.05) is 5.56 Å². The van der Waals surface area contributed by atoms with Crippen molar-refractivity contribution in [3.05, 3.63) is 51.7 Å². The van der Waals surface area contributed by atoms with Crippen molar-refractivity contribution in [3.8, 4) is 5.75 Å². The van der Waals surface area contributed by atoms with E-state index in [-0.39, 0.29) is 10.9 Å². The minimum atomic E-state index is -0.543. The molecular weight excluding hydrogens is 320 g/mol. The van der Waals surface area contributed by atoms with Crippen LogP contribution in [0.1, 0.15) is 11.1 Å². The summed E-state index contributed by atoms with van der Waals surface area (Å²) in [5.74, 6) is 0.435. The molecule has 23 heavy (non-hydrogen) atoms. The second-order valence-corrected chi connectivity index (χ2v) is 4.87. The maximum absolute atomic E-state index is 10.7. The lowest BCUT2D eigenvalue weighted by molar-refractivity contribution is -0.389. The molecule has 2 rings (SSSR count). The molecule has 0 aliphatic rings. The van der Waals surface area contributed by atoms with Gasteiger partial charge in [0.25, 0.3) is 0 Å². The molecule has 0 fully saturated rings. The number of nitrogens with two attached hydrogens (primary N) is 1. The number of nitrogens with one attached hydrogen (secondary N) is 1. The van der Waals surface area contributed by atoms with Crippen molar-refractivity contribution in [1.29, 1.82) is 0 Å². The first-order valence-electron chi connectivity index (χ1n) is 6.43. The van der Waals surface area contributed by atoms with Gasteiger partial charge in [-0.3, -0.25) is 5.43 Å². The summed E-state index contributed by atoms with van der Waals surface area (Å²) in [6.07, 6.45) is 3.08. The molecule has 0 radical (unpaired) electrons. The highest BCUT2D eigenvalue weighted by Gasteiger charge is 2.13. The standard InChI is InChI=1S/C13H14N6O3S/c1-22-11-3-2-9(7-15-16-13(14)23)6-10(11)8-18-5-4-12(17-18)19(20)21/h2-7H,8H2,1H3,(H3,14,16,23). The normalized spacial score (nSPS) is 10.7. The second-order valence-electron chi connectivity index (χ2n) is 4.43. The number of hydrogen-bond donors (Lipinski definition) is 2. The number of hydrogen-bond acceptors (Lipinski definition) is 6. The molecule has 3 N–H and O–H groups in total. The van der Waals surface area contributed by atoms with Crippen LogP contribution in [0.25, 0.3) is 0 Å². The summed E-state index contributed by atoms with van der Waals surface area (Å²) >= 11 is 4.65. The maximum Gasteiger partial charge on any atom is 0.389 e. The molecule has 1 aromatic heterocycles. The molecule has 0 aliphatic heterocycles. The Balaban J connectivity index is 2.22. The Bertz CT molecular complexity index is 758. The van der Waals surface area contributed by atoms with Crippen LogP contribution in [-0.2, 0) is 6.54 Å². The first-order chi connectivity index (χ1) is 11.0. The molecule has 0 bridgehead atoms. The molecule has 120 valence electrons. The van der Waals surface area contributed by atoms with Gasteiger partial charge in [0.2, 0.25) is 0 Å². The summed E-state index contributed by atoms with van der Waals surface area (Å²) in [4.78, 5) is 10.1. The summed E-state index contributed by atoms with van der Waals surface area (Å²) in [6.45, 7) is 0.321. The number of ether oxygens (including phenoxy) is 1. The van der Waals surface area contributed by atoms with Crippen LogP contribution < -0.4 is 15.9 Å². The Morgan fingerprint density at radius 2 is 2.39 bits per heavy atom. The molecule has 1 heterocycles. The van der Waals surface area contributed by atoms with Gasteiger partial charge in [-0.05, 0) is 40.9 Å². The number of benzene rings is 1. The Morgan fingerprint density at radius 1 is 1.61 bits per heavy atom. The molecular formula is C13H14N6O3S. The highest BCUT2D eigenvalue weighted by molar-refractivity contribution is 7.80. The SMILES string of the molecule is COc1ccc(C=NNC(N)=S)cc1Cn1ccc([N+](=O)[O-])n1. The summed E-state index contributed by atoms with van der Waals surface area (Å²) in [7, 11) is 1.55. The van der Waals surface area contributed by atoms with Crippen LogP contribution >= 0.6 is 12.2 Å². The Hall–Kier alpha value is -3.01. The monoisotopic (exact) mass is 334 g/mol. The van der Waals surface area contributed by atoms with Crippen molar-refractivity contribution in [1.82, 2.24) is 15.2 Å². The van der Waals surface area contributed by atoms with Gasteiger partial charge in [-0.15, -0.1) is 0 Å². The summed E-state index contributed by atoms with van der Waals surface area (Å²) in [5, 5.41) is 18.5. The molecule has 0 atom stereocenters. The van der Waals surface area contributed by atoms with Crippen LogP contribution in [-0.4, -0.2) is 33.1 Å². The van der Waals surface area contributed by atoms with E-state index in [2.05, 4.69) is 27.8 Å². The van der Waals surface area contributed by atoms with Crippen LogP contribution in [0.2, 0.25) is 0 Å². The van der Waals surface area contributed by atoms with Crippen molar-refractivity contribution in [2.75, 3.05) is 7.11 Å². The largest absolute Gasteiger partial charge is 0.496 e. The molecule has 0 saturated carbocycles. The zero-order valence-corrected chi connectivity index (χ0v) is 13.0. The minimum absolute atomic E-state index is 0.0684. The zero-order valence-electron chi connectivity index (χ0n) is 12.2. The average Bonchev–Trinajstić information content (AvgIpc) is 2.96. The quantitative estimate of drug-likeness (QED) is 0.350. The topological polar surface area (TPSA) is 121 Å². The average molecular weight is 334 g/mol. The summed E-state index contributed by atoms with van der Waals surface area (Å²) < 4.78 is 6.76. The predicted octanol–water partition coefficient (Wildman–Crippen LogP) is 1.02. The van der Waals surface area contributed by atoms with Gasteiger partial charge >= 0.3 is 5.82 Å². The third kappa shape index (κ3) is 4.48. The first-order valence-corrected chi connectivity index (χ1v) is 6.83. The van der Waals surface area contributed by atoms with Crippen molar-refractivity contribution in [2.24, 2.45) is 10.8 Å². The number of nitrogens with zero attached hydrogens (tertiary/aromatic N) is 4. The Morgan fingerprint density at radius 3 is 3.00 bits per heavy atom. The van der Waals surface area contributed by atoms with Gasteiger partial charge in [-0.25, -0.2) is 0 Å². The van der Waals surface area contributed by atoms with Crippen molar-refractivity contribution < 1.29 is 9.66 Å². The van der Waals surface area contributed by atoms with Crippen LogP contribution in [0.15, 0.2) is 35.6 Å². The lowest BCUT2D eigenvalue weighted by Crippen LogP contribution is -2.24. The van der Waals surface area contributed by atoms with Crippen molar-refractivity contribution in [2.45, 2.75) is 6.54 Å². The van der Waals surface area contributed by atoms with E-state index in [1.807, 2.05) is 6.07 Å². The fraction of sp³-hybridized carbons (Fsp3) is 0.154. The highest BCUT2D eigenvalue weighted by atomic mass is 32.1. The molecule has 0 unspecified atom stereocenters. The van der Waals surface area contributed by atoms with Gasteiger partial charge in [-0.2, -0.15) is 9.78 Å². The third-order valence-electron chi connectivity index (χ3n) is 2.84. The van der Waals surface area contributed by atoms with Gasteiger partial charge < -0.3 is 20.6 Å². The van der Waals surface area contributed by atoms with E-state index in [1.165, 1.54) is 16.9 Å². The number of nitro groups is 1. The highest BCUT2D eigenvalue weighted by Crippen LogP contribution is 2.21. The number of rotatable bonds is 6. The van der Waals surface area contributed by atoms with E-state index in [0.717, 1.165) is 11.1 Å². The van der Waals surface area contributed by atoms with Crippen LogP contribution in [0, 0.1) is 10.1 Å². The van der Waals surface area contributed by atoms with Crippen LogP contribution in [0.4, 0.5) is 5.82 Å². The van der Waals surface area contributed by atoms with Gasteiger partial charge in [0.1, 0.15) is 5.75 Å². The smallest absolute Gasteiger partial charge is 0.389 e. The molecule has 0 saturated heterocycles. The third-order valence-corrected chi connectivity index (χ3v) is 2.93. The van der Waals surface area contributed by atoms with E-state index in [9.17, 15) is 10.1 Å². The van der Waals surface area contributed by atoms with E-state index in [1.54, 1.807) is 25.5 Å². The number of hydrazone groups is 1. The molecule has 2 aromatic rings. The van der Waals surface area contributed by atoms with E-state index in [0.29, 0.717) is 12.3 Å². The maximum atomic E-state index is 10.7. The summed E-state index contributed by atoms with van der Waals surface area (Å²) in [5.41, 5.74) is 9.32. The molecule has 0 aliphatic carbocycles. The number of methoxy groups -OCH3 is 1. The van der Waals surface area contributed by atoms with E-state index < -0.39 is 4.92 Å². The number of aromatic nitrogens is 2. The fourth-order valence-electron chi connectivity index (χ4n) is 1.88. The molecule has 9 nitrogen and oxygen atoms in total. The number of thiocarbonyl (C=S) groups is 1. The molecule has 10 heteroatoms. The first kappa shape index (κ1) is 16.4. The van der Waals surface area contributed by atoms with Crippen molar-refractivity contribution >= 4 is 29.4 Å². The molecule has 0 spiro atoms. The molecule has 0 amide bonds. The van der Waals surface area contributed by atoms with Gasteiger partial charge in [0.15, 0.2) is 5.11 Å². The minimum Gasteiger partial charge on any atom is -0.496 e. The molecule has 1 aromatic carbocycles. The van der Waals surface area contributed by atoms with Gasteiger partial charge in [-0.1, -0.05) is 0 Å². The lowest BCUT2D eigenvalue weighted by Gasteiger charge is -2.08. The second kappa shape index (κ2) is 7.31. The van der Waals surface area contributed by atoms with Crippen LogP contribution in [0.3, 0.4) is 0 Å². The van der Waals surface area contributed by atoms with E-state index in [4.69, 9.17) is 10.5 Å². The lowest BCUT2D eigenvalue weighted by atomic mass is 10.1. The predicted molar refractivity (Wildman–Crippen MR) is 88.5 cm³/mol. The Labute approximate surface area is 136 Å². The Kier molecular flexibility index (Phi) is 5.20. The van der Waals surface area contributed by atoms with Gasteiger partial charge in [0.05, 0.1) is 37.2 Å². The summed E-state index contributed by atoms with van der Waals surface area (Å²) in [6, 6.07) is 6.75.